The minimum Gasteiger partial charge on any atom is -0.397 e. The van der Waals surface area contributed by atoms with Crippen LogP contribution in [0.25, 0.3) is 0 Å². The molecule has 2 aromatic carbocycles. The van der Waals surface area contributed by atoms with E-state index in [4.69, 9.17) is 33.4 Å². The molecule has 2 atom stereocenters. The van der Waals surface area contributed by atoms with E-state index in [1.54, 1.807) is 6.92 Å². The van der Waals surface area contributed by atoms with Crippen molar-refractivity contribution in [1.29, 1.82) is 0 Å². The zero-order chi connectivity index (χ0) is 20.0. The second-order valence-corrected chi connectivity index (χ2v) is 8.74. The fourth-order valence-corrected chi connectivity index (χ4v) is 4.03. The van der Waals surface area contributed by atoms with Crippen LogP contribution in [-0.4, -0.2) is 26.0 Å². The van der Waals surface area contributed by atoms with Gasteiger partial charge >= 0.3 is 0 Å². The van der Waals surface area contributed by atoms with Crippen LogP contribution in [0.3, 0.4) is 0 Å². The van der Waals surface area contributed by atoms with Crippen molar-refractivity contribution in [2.24, 2.45) is 5.14 Å². The molecule has 0 saturated heterocycles. The lowest BCUT2D eigenvalue weighted by molar-refractivity contribution is 0.318. The predicted molar refractivity (Wildman–Crippen MR) is 111 cm³/mol. The predicted octanol–water partition coefficient (Wildman–Crippen LogP) is 3.79. The van der Waals surface area contributed by atoms with Crippen LogP contribution >= 0.6 is 23.2 Å². The average Bonchev–Trinajstić information content (AvgIpc) is 2.62. The van der Waals surface area contributed by atoms with Crippen molar-refractivity contribution in [1.82, 2.24) is 5.32 Å². The molecular weight excluding hydrogens is 407 g/mol. The first kappa shape index (κ1) is 22.1. The highest BCUT2D eigenvalue weighted by Crippen LogP contribution is 2.42. The fourth-order valence-electron chi connectivity index (χ4n) is 3.29. The average molecular weight is 431 g/mol. The standard InChI is InChI=1S/C17H18Cl2N2O2S.C2H6O/c18-15-7-5-11(9-16(15)19)12-6-8-17(21-10-24(20,22)23)14-4-2-1-3-13(12)14;1-2-3/h1-5,7,9,12,17,21H,6,8,10H2,(H2,20,22,23);3H,2H2,1H3/t12-,17-;/m0./s1. The van der Waals surface area contributed by atoms with Crippen LogP contribution in [0, 0.1) is 0 Å². The van der Waals surface area contributed by atoms with Crippen molar-refractivity contribution in [2.75, 3.05) is 12.5 Å². The number of nitrogens with one attached hydrogen (secondary N) is 1. The molecule has 0 unspecified atom stereocenters. The van der Waals surface area contributed by atoms with E-state index < -0.39 is 10.0 Å². The molecule has 0 spiro atoms. The van der Waals surface area contributed by atoms with Crippen LogP contribution in [0.15, 0.2) is 42.5 Å². The molecule has 4 N–H and O–H groups in total. The minimum absolute atomic E-state index is 0.0291. The van der Waals surface area contributed by atoms with Crippen molar-refractivity contribution in [3.8, 4) is 0 Å². The summed E-state index contributed by atoms with van der Waals surface area (Å²) >= 11 is 12.2. The second-order valence-electron chi connectivity index (χ2n) is 6.31. The van der Waals surface area contributed by atoms with Gasteiger partial charge in [0.05, 0.1) is 10.0 Å². The van der Waals surface area contributed by atoms with Gasteiger partial charge in [-0.25, -0.2) is 13.6 Å². The molecule has 0 amide bonds. The SMILES string of the molecule is CCO.NS(=O)(=O)CN[C@H]1CC[C@@H](c2ccc(Cl)c(Cl)c2)c2ccccc21. The number of aliphatic hydroxyl groups excluding tert-OH is 1. The van der Waals surface area contributed by atoms with Gasteiger partial charge in [0, 0.05) is 18.6 Å². The van der Waals surface area contributed by atoms with Crippen LogP contribution in [0.2, 0.25) is 10.0 Å². The molecule has 148 valence electrons. The van der Waals surface area contributed by atoms with E-state index in [-0.39, 0.29) is 24.4 Å². The van der Waals surface area contributed by atoms with Crippen LogP contribution in [0.5, 0.6) is 0 Å². The number of hydrogen-bond acceptors (Lipinski definition) is 4. The number of benzene rings is 2. The van der Waals surface area contributed by atoms with Gasteiger partial charge in [-0.15, -0.1) is 0 Å². The third kappa shape index (κ3) is 6.17. The van der Waals surface area contributed by atoms with Crippen molar-refractivity contribution in [3.05, 3.63) is 69.2 Å². The maximum absolute atomic E-state index is 11.2. The maximum Gasteiger partial charge on any atom is 0.222 e. The lowest BCUT2D eigenvalue weighted by atomic mass is 9.77. The van der Waals surface area contributed by atoms with Gasteiger partial charge in [0.2, 0.25) is 10.0 Å². The number of primary sulfonamides is 1. The van der Waals surface area contributed by atoms with E-state index in [2.05, 4.69) is 11.4 Å². The Morgan fingerprint density at radius 1 is 1.11 bits per heavy atom. The van der Waals surface area contributed by atoms with Crippen LogP contribution in [0.4, 0.5) is 0 Å². The summed E-state index contributed by atoms with van der Waals surface area (Å²) in [7, 11) is -3.55. The molecule has 27 heavy (non-hydrogen) atoms. The van der Waals surface area contributed by atoms with E-state index in [0.29, 0.717) is 10.0 Å². The Kier molecular flexibility index (Phi) is 8.09. The van der Waals surface area contributed by atoms with E-state index >= 15 is 0 Å². The van der Waals surface area contributed by atoms with Gasteiger partial charge in [0.1, 0.15) is 5.88 Å². The van der Waals surface area contributed by atoms with Crippen LogP contribution in [0.1, 0.15) is 48.4 Å². The van der Waals surface area contributed by atoms with Crippen LogP contribution in [-0.2, 0) is 10.0 Å². The Hall–Kier alpha value is -1.15. The first-order valence-corrected chi connectivity index (χ1v) is 11.1. The monoisotopic (exact) mass is 430 g/mol. The molecule has 3 rings (SSSR count). The number of nitrogens with two attached hydrogens (primary N) is 1. The summed E-state index contributed by atoms with van der Waals surface area (Å²) in [5, 5.41) is 16.8. The minimum atomic E-state index is -3.55. The third-order valence-corrected chi connectivity index (χ3v) is 5.68. The first-order valence-electron chi connectivity index (χ1n) is 8.65. The maximum atomic E-state index is 11.2. The summed E-state index contributed by atoms with van der Waals surface area (Å²) in [6.07, 6.45) is 1.70. The molecule has 2 aromatic rings. The summed E-state index contributed by atoms with van der Waals surface area (Å²) in [5.41, 5.74) is 3.39. The quantitative estimate of drug-likeness (QED) is 0.687. The van der Waals surface area contributed by atoms with E-state index in [9.17, 15) is 8.42 Å². The van der Waals surface area contributed by atoms with Gasteiger partial charge < -0.3 is 5.11 Å². The molecule has 0 bridgehead atoms. The van der Waals surface area contributed by atoms with Gasteiger partial charge in [-0.1, -0.05) is 53.5 Å². The number of aliphatic hydroxyl groups is 1. The number of fused-ring (bicyclic) bond motifs is 1. The zero-order valence-electron chi connectivity index (χ0n) is 15.0. The molecule has 0 aromatic heterocycles. The highest BCUT2D eigenvalue weighted by molar-refractivity contribution is 7.89. The summed E-state index contributed by atoms with van der Waals surface area (Å²) in [4.78, 5) is 0. The Morgan fingerprint density at radius 2 is 1.74 bits per heavy atom. The van der Waals surface area contributed by atoms with Crippen LogP contribution < -0.4 is 10.5 Å². The smallest absolute Gasteiger partial charge is 0.222 e. The lowest BCUT2D eigenvalue weighted by Crippen LogP contribution is -2.34. The van der Waals surface area contributed by atoms with E-state index in [1.807, 2.05) is 36.4 Å². The highest BCUT2D eigenvalue weighted by Gasteiger charge is 2.28. The molecular formula is C19H24Cl2N2O3S. The molecule has 1 aliphatic rings. The molecule has 1 aliphatic carbocycles. The summed E-state index contributed by atoms with van der Waals surface area (Å²) in [6, 6.07) is 13.7. The number of rotatable bonds is 4. The van der Waals surface area contributed by atoms with Gasteiger partial charge in [-0.2, -0.15) is 0 Å². The molecule has 0 saturated carbocycles. The van der Waals surface area contributed by atoms with Crippen molar-refractivity contribution in [3.63, 3.8) is 0 Å². The highest BCUT2D eigenvalue weighted by atomic mass is 35.5. The Morgan fingerprint density at radius 3 is 2.33 bits per heavy atom. The van der Waals surface area contributed by atoms with E-state index in [0.717, 1.165) is 24.0 Å². The third-order valence-electron chi connectivity index (χ3n) is 4.37. The zero-order valence-corrected chi connectivity index (χ0v) is 17.4. The second kappa shape index (κ2) is 9.87. The molecule has 0 fully saturated rings. The first-order chi connectivity index (χ1) is 12.8. The van der Waals surface area contributed by atoms with Crippen molar-refractivity contribution < 1.29 is 13.5 Å². The van der Waals surface area contributed by atoms with E-state index in [1.165, 1.54) is 5.56 Å². The van der Waals surface area contributed by atoms with Gasteiger partial charge in [-0.3, -0.25) is 5.32 Å². The van der Waals surface area contributed by atoms with Gasteiger partial charge in [0.25, 0.3) is 0 Å². The van der Waals surface area contributed by atoms with Crippen molar-refractivity contribution in [2.45, 2.75) is 31.7 Å². The Bertz CT molecular complexity index is 875. The van der Waals surface area contributed by atoms with Gasteiger partial charge in [-0.05, 0) is 48.6 Å². The molecule has 8 heteroatoms. The topological polar surface area (TPSA) is 92.4 Å². The molecule has 0 aliphatic heterocycles. The largest absolute Gasteiger partial charge is 0.397 e. The number of sulfonamides is 1. The normalized spacial score (nSPS) is 19.0. The van der Waals surface area contributed by atoms with Gasteiger partial charge in [0.15, 0.2) is 0 Å². The summed E-state index contributed by atoms with van der Waals surface area (Å²) in [6.45, 7) is 1.93. The molecule has 5 nitrogen and oxygen atoms in total. The molecule has 0 radical (unpaired) electrons. The summed E-state index contributed by atoms with van der Waals surface area (Å²) < 4.78 is 22.5. The Labute approximate surface area is 170 Å². The number of halogens is 2. The Balaban J connectivity index is 0.000000817. The lowest BCUT2D eigenvalue weighted by Gasteiger charge is -2.32. The van der Waals surface area contributed by atoms with Crippen molar-refractivity contribution >= 4 is 33.2 Å². The number of hydrogen-bond donors (Lipinski definition) is 3. The fraction of sp³-hybridized carbons (Fsp3) is 0.368. The summed E-state index contributed by atoms with van der Waals surface area (Å²) in [5.74, 6) is -0.0211. The molecule has 0 heterocycles.